The summed E-state index contributed by atoms with van der Waals surface area (Å²) in [7, 11) is 0. The summed E-state index contributed by atoms with van der Waals surface area (Å²) in [5.41, 5.74) is 12.5. The first-order valence-corrected chi connectivity index (χ1v) is 18.9. The lowest BCUT2D eigenvalue weighted by molar-refractivity contribution is 0.967. The van der Waals surface area contributed by atoms with Crippen LogP contribution in [-0.2, 0) is 6.42 Å². The van der Waals surface area contributed by atoms with Gasteiger partial charge in [0.25, 0.3) is 0 Å². The quantitative estimate of drug-likeness (QED) is 0.176. The number of thiophene rings is 1. The van der Waals surface area contributed by atoms with Crippen LogP contribution in [0.25, 0.3) is 97.8 Å². The van der Waals surface area contributed by atoms with Gasteiger partial charge in [0.15, 0.2) is 0 Å². The van der Waals surface area contributed by atoms with Gasteiger partial charge in [0, 0.05) is 64.2 Å². The van der Waals surface area contributed by atoms with Gasteiger partial charge in [0.1, 0.15) is 0 Å². The Kier molecular flexibility index (Phi) is 5.77. The molecule has 11 aromatic rings. The van der Waals surface area contributed by atoms with Gasteiger partial charge < -0.3 is 13.7 Å². The fourth-order valence-corrected chi connectivity index (χ4v) is 10.2. The molecule has 0 aliphatic heterocycles. The van der Waals surface area contributed by atoms with Crippen LogP contribution in [0.5, 0.6) is 0 Å². The van der Waals surface area contributed by atoms with Crippen LogP contribution in [0.2, 0.25) is 0 Å². The Balaban J connectivity index is 1.14. The topological polar surface area (TPSA) is 14.8 Å². The van der Waals surface area contributed by atoms with Crippen molar-refractivity contribution < 1.29 is 0 Å². The van der Waals surface area contributed by atoms with E-state index in [1.54, 1.807) is 0 Å². The van der Waals surface area contributed by atoms with Crippen LogP contribution >= 0.6 is 11.3 Å². The van der Waals surface area contributed by atoms with Crippen molar-refractivity contribution in [1.82, 2.24) is 13.7 Å². The molecule has 4 heterocycles. The number of aryl methyl sites for hydroxylation is 1. The lowest BCUT2D eigenvalue weighted by atomic mass is 10.0. The van der Waals surface area contributed by atoms with Crippen molar-refractivity contribution in [2.45, 2.75) is 12.8 Å². The maximum atomic E-state index is 2.51. The van der Waals surface area contributed by atoms with Crippen LogP contribution in [0.15, 0.2) is 158 Å². The maximum absolute atomic E-state index is 2.51. The highest BCUT2D eigenvalue weighted by Gasteiger charge is 2.23. The summed E-state index contributed by atoms with van der Waals surface area (Å²) in [6.45, 7) is 0. The number of benzene rings is 7. The molecule has 0 N–H and O–H groups in total. The van der Waals surface area contributed by atoms with Crippen LogP contribution in [-0.4, -0.2) is 13.7 Å². The van der Waals surface area contributed by atoms with Gasteiger partial charge in [-0.3, -0.25) is 0 Å². The number of allylic oxidation sites excluding steroid dienone is 1. The molecule has 0 amide bonds. The third kappa shape index (κ3) is 3.79. The van der Waals surface area contributed by atoms with E-state index in [4.69, 9.17) is 0 Å². The lowest BCUT2D eigenvalue weighted by Crippen LogP contribution is -2.03. The first-order chi connectivity index (χ1) is 25.8. The molecule has 0 unspecified atom stereocenters. The smallest absolute Gasteiger partial charge is 0.0782 e. The second-order valence-corrected chi connectivity index (χ2v) is 15.1. The van der Waals surface area contributed by atoms with Gasteiger partial charge in [-0.25, -0.2) is 0 Å². The second-order valence-electron chi connectivity index (χ2n) is 14.0. The van der Waals surface area contributed by atoms with E-state index in [1.807, 2.05) is 11.3 Å². The zero-order valence-corrected chi connectivity index (χ0v) is 29.1. The molecule has 4 aromatic heterocycles. The number of nitrogens with zero attached hydrogens (tertiary/aromatic N) is 3. The second kappa shape index (κ2) is 10.6. The Labute approximate surface area is 303 Å². The Morgan fingerprint density at radius 1 is 0.423 bits per heavy atom. The number of para-hydroxylation sites is 5. The number of aromatic nitrogens is 3. The average molecular weight is 682 g/mol. The SMILES string of the molecule is C1=Cc2c(c3ccccc3n2-c2cccc3c4ccccc4n(-c4ccc5sc6ccc(-n7c8ccccc8c8ccccc87)cc6c5c4)c23)CC1. The fraction of sp³-hybridized carbons (Fsp3) is 0.0417. The summed E-state index contributed by atoms with van der Waals surface area (Å²) in [6.07, 6.45) is 6.81. The Hall–Kier alpha value is -6.36. The van der Waals surface area contributed by atoms with Gasteiger partial charge in [-0.15, -0.1) is 11.3 Å². The predicted octanol–water partition coefficient (Wildman–Crippen LogP) is 13.2. The highest BCUT2D eigenvalue weighted by atomic mass is 32.1. The summed E-state index contributed by atoms with van der Waals surface area (Å²) >= 11 is 1.88. The molecule has 12 rings (SSSR count). The van der Waals surface area contributed by atoms with Gasteiger partial charge in [0.05, 0.1) is 33.3 Å². The molecule has 52 heavy (non-hydrogen) atoms. The molecule has 1 aliphatic rings. The van der Waals surface area contributed by atoms with Gasteiger partial charge >= 0.3 is 0 Å². The number of fused-ring (bicyclic) bond motifs is 12. The van der Waals surface area contributed by atoms with E-state index in [2.05, 4.69) is 178 Å². The minimum absolute atomic E-state index is 1.07. The van der Waals surface area contributed by atoms with Gasteiger partial charge in [-0.1, -0.05) is 91.0 Å². The van der Waals surface area contributed by atoms with Crippen LogP contribution in [0.3, 0.4) is 0 Å². The van der Waals surface area contributed by atoms with Gasteiger partial charge in [-0.05, 0) is 91.2 Å². The molecule has 7 aromatic carbocycles. The standard InChI is InChI=1S/C48H31N3S/c1-6-18-40-32(12-1)33-13-2-7-19-41(33)49(40)30-24-26-46-38(28-30)39-29-31(25-27-47(39)52-46)50-42-20-8-5-16-36(42)37-17-11-23-45(48(37)50)51-43-21-9-3-14-34(43)35-15-4-10-22-44(35)51/h1-3,5-14,16-29H,4,15H2. The maximum Gasteiger partial charge on any atom is 0.0782 e. The highest BCUT2D eigenvalue weighted by Crippen LogP contribution is 2.43. The summed E-state index contributed by atoms with van der Waals surface area (Å²) in [6, 6.07) is 56.2. The molecule has 0 radical (unpaired) electrons. The van der Waals surface area contributed by atoms with Gasteiger partial charge in [0.2, 0.25) is 0 Å². The number of hydrogen-bond acceptors (Lipinski definition) is 1. The number of hydrogen-bond donors (Lipinski definition) is 0. The molecule has 0 fully saturated rings. The summed E-state index contributed by atoms with van der Waals surface area (Å²) in [5.74, 6) is 0. The molecule has 3 nitrogen and oxygen atoms in total. The van der Waals surface area contributed by atoms with Crippen LogP contribution in [0.4, 0.5) is 0 Å². The van der Waals surface area contributed by atoms with Crippen LogP contribution in [0.1, 0.15) is 17.7 Å². The third-order valence-electron chi connectivity index (χ3n) is 11.3. The van der Waals surface area contributed by atoms with Crippen molar-refractivity contribution in [1.29, 1.82) is 0 Å². The first-order valence-electron chi connectivity index (χ1n) is 18.1. The van der Waals surface area contributed by atoms with Crippen molar-refractivity contribution in [2.24, 2.45) is 0 Å². The third-order valence-corrected chi connectivity index (χ3v) is 12.5. The van der Waals surface area contributed by atoms with E-state index >= 15 is 0 Å². The minimum Gasteiger partial charge on any atom is -0.309 e. The molecule has 0 saturated carbocycles. The molecule has 4 heteroatoms. The predicted molar refractivity (Wildman–Crippen MR) is 222 cm³/mol. The summed E-state index contributed by atoms with van der Waals surface area (Å²) in [5, 5.41) is 9.03. The normalized spacial score (nSPS) is 13.2. The molecular formula is C48H31N3S. The largest absolute Gasteiger partial charge is 0.309 e. The number of rotatable bonds is 3. The lowest BCUT2D eigenvalue weighted by Gasteiger charge is -2.16. The molecule has 0 spiro atoms. The van der Waals surface area contributed by atoms with Crippen molar-refractivity contribution in [3.05, 3.63) is 169 Å². The molecule has 244 valence electrons. The van der Waals surface area contributed by atoms with E-state index < -0.39 is 0 Å². The Morgan fingerprint density at radius 2 is 0.942 bits per heavy atom. The highest BCUT2D eigenvalue weighted by molar-refractivity contribution is 7.25. The van der Waals surface area contributed by atoms with E-state index in [0.717, 1.165) is 12.8 Å². The average Bonchev–Trinajstić information content (AvgIpc) is 3.94. The fourth-order valence-electron chi connectivity index (χ4n) is 9.13. The molecule has 0 bridgehead atoms. The summed E-state index contributed by atoms with van der Waals surface area (Å²) < 4.78 is 10.0. The van der Waals surface area contributed by atoms with Crippen molar-refractivity contribution >= 4 is 92.1 Å². The Morgan fingerprint density at radius 3 is 1.60 bits per heavy atom. The van der Waals surface area contributed by atoms with E-state index in [1.165, 1.54) is 103 Å². The molecule has 1 aliphatic carbocycles. The van der Waals surface area contributed by atoms with Crippen molar-refractivity contribution in [2.75, 3.05) is 0 Å². The molecule has 0 saturated heterocycles. The van der Waals surface area contributed by atoms with Crippen molar-refractivity contribution in [3.63, 3.8) is 0 Å². The molecule has 0 atom stereocenters. The van der Waals surface area contributed by atoms with Crippen LogP contribution in [0, 0.1) is 0 Å². The van der Waals surface area contributed by atoms with Crippen molar-refractivity contribution in [3.8, 4) is 17.1 Å². The van der Waals surface area contributed by atoms with Crippen LogP contribution < -0.4 is 0 Å². The zero-order valence-electron chi connectivity index (χ0n) is 28.3. The monoisotopic (exact) mass is 681 g/mol. The van der Waals surface area contributed by atoms with E-state index in [9.17, 15) is 0 Å². The van der Waals surface area contributed by atoms with Gasteiger partial charge in [-0.2, -0.15) is 0 Å². The molecular weight excluding hydrogens is 651 g/mol. The van der Waals surface area contributed by atoms with E-state index in [-0.39, 0.29) is 0 Å². The van der Waals surface area contributed by atoms with E-state index in [0.29, 0.717) is 0 Å². The summed E-state index contributed by atoms with van der Waals surface area (Å²) in [4.78, 5) is 0. The first kappa shape index (κ1) is 28.3. The zero-order chi connectivity index (χ0) is 33.9. The minimum atomic E-state index is 1.07. The Bertz CT molecular complexity index is 3250.